The summed E-state index contributed by atoms with van der Waals surface area (Å²) in [6.45, 7) is 9.05. The van der Waals surface area contributed by atoms with Crippen LogP contribution in [0.1, 0.15) is 40.5 Å². The first kappa shape index (κ1) is 11.5. The molecule has 1 heterocycles. The van der Waals surface area contributed by atoms with Crippen molar-refractivity contribution in [2.75, 3.05) is 6.54 Å². The zero-order chi connectivity index (χ0) is 10.9. The van der Waals surface area contributed by atoms with Gasteiger partial charge in [0, 0.05) is 24.5 Å². The maximum atomic E-state index is 11.9. The molecule has 1 aliphatic rings. The summed E-state index contributed by atoms with van der Waals surface area (Å²) < 4.78 is 0. The van der Waals surface area contributed by atoms with Gasteiger partial charge in [0.15, 0.2) is 0 Å². The molecule has 0 radical (unpaired) electrons. The van der Waals surface area contributed by atoms with Gasteiger partial charge in [0.05, 0.1) is 0 Å². The van der Waals surface area contributed by atoms with Gasteiger partial charge in [-0.1, -0.05) is 13.8 Å². The molecule has 82 valence electrons. The molecule has 0 aliphatic carbocycles. The highest BCUT2D eigenvalue weighted by Gasteiger charge is 2.39. The number of amides is 1. The van der Waals surface area contributed by atoms with E-state index < -0.39 is 0 Å². The van der Waals surface area contributed by atoms with E-state index in [4.69, 9.17) is 5.73 Å². The minimum atomic E-state index is -0.0502. The Hall–Kier alpha value is -0.570. The lowest BCUT2D eigenvalue weighted by molar-refractivity contribution is -0.135. The van der Waals surface area contributed by atoms with Crippen LogP contribution in [0, 0.1) is 5.92 Å². The topological polar surface area (TPSA) is 46.3 Å². The zero-order valence-corrected chi connectivity index (χ0v) is 9.71. The second-order valence-corrected chi connectivity index (χ2v) is 5.38. The summed E-state index contributed by atoms with van der Waals surface area (Å²) in [5.41, 5.74) is 5.83. The first-order valence-electron chi connectivity index (χ1n) is 5.39. The van der Waals surface area contributed by atoms with E-state index in [9.17, 15) is 4.79 Å². The number of nitrogens with two attached hydrogens (primary N) is 1. The molecule has 0 saturated carbocycles. The molecule has 3 nitrogen and oxygen atoms in total. The van der Waals surface area contributed by atoms with E-state index in [2.05, 4.69) is 27.7 Å². The smallest absolute Gasteiger partial charge is 0.223 e. The standard InChI is InChI=1S/C11H22N2O/c1-8(2)5-10(14)13-7-9(12)6-11(13,3)4/h8-9H,5-7,12H2,1-4H3. The SMILES string of the molecule is CC(C)CC(=O)N1CC(N)CC1(C)C. The van der Waals surface area contributed by atoms with E-state index in [0.29, 0.717) is 12.3 Å². The number of carbonyl (C=O) groups is 1. The Morgan fingerprint density at radius 1 is 1.57 bits per heavy atom. The maximum Gasteiger partial charge on any atom is 0.223 e. The highest BCUT2D eigenvalue weighted by atomic mass is 16.2. The molecule has 1 rings (SSSR count). The van der Waals surface area contributed by atoms with Crippen molar-refractivity contribution in [1.82, 2.24) is 4.90 Å². The van der Waals surface area contributed by atoms with E-state index >= 15 is 0 Å². The van der Waals surface area contributed by atoms with Gasteiger partial charge in [0.25, 0.3) is 0 Å². The van der Waals surface area contributed by atoms with Gasteiger partial charge in [-0.15, -0.1) is 0 Å². The molecule has 1 unspecified atom stereocenters. The Balaban J connectivity index is 2.63. The molecule has 0 aromatic heterocycles. The summed E-state index contributed by atoms with van der Waals surface area (Å²) >= 11 is 0. The van der Waals surface area contributed by atoms with Gasteiger partial charge in [0.2, 0.25) is 5.91 Å². The van der Waals surface area contributed by atoms with Crippen molar-refractivity contribution in [1.29, 1.82) is 0 Å². The van der Waals surface area contributed by atoms with Crippen LogP contribution in [-0.2, 0) is 4.79 Å². The third-order valence-corrected chi connectivity index (χ3v) is 2.79. The van der Waals surface area contributed by atoms with Crippen molar-refractivity contribution >= 4 is 5.91 Å². The first-order chi connectivity index (χ1) is 6.33. The molecule has 0 aromatic rings. The number of carbonyl (C=O) groups excluding carboxylic acids is 1. The third kappa shape index (κ3) is 2.47. The fraction of sp³-hybridized carbons (Fsp3) is 0.909. The summed E-state index contributed by atoms with van der Waals surface area (Å²) in [6.07, 6.45) is 1.55. The largest absolute Gasteiger partial charge is 0.336 e. The molecule has 0 spiro atoms. The van der Waals surface area contributed by atoms with Crippen LogP contribution in [0.25, 0.3) is 0 Å². The Morgan fingerprint density at radius 3 is 2.50 bits per heavy atom. The number of hydrogen-bond donors (Lipinski definition) is 1. The molecule has 0 bridgehead atoms. The average molecular weight is 198 g/mol. The lowest BCUT2D eigenvalue weighted by Crippen LogP contribution is -2.43. The predicted octanol–water partition coefficient (Wildman–Crippen LogP) is 1.37. The molecule has 1 saturated heterocycles. The maximum absolute atomic E-state index is 11.9. The molecule has 1 fully saturated rings. The van der Waals surface area contributed by atoms with Crippen molar-refractivity contribution < 1.29 is 4.79 Å². The van der Waals surface area contributed by atoms with Crippen molar-refractivity contribution in [2.24, 2.45) is 11.7 Å². The third-order valence-electron chi connectivity index (χ3n) is 2.79. The van der Waals surface area contributed by atoms with Crippen LogP contribution < -0.4 is 5.73 Å². The molecule has 0 aromatic carbocycles. The Bertz CT molecular complexity index is 223. The van der Waals surface area contributed by atoms with E-state index in [1.54, 1.807) is 0 Å². The minimum absolute atomic E-state index is 0.0502. The van der Waals surface area contributed by atoms with Gasteiger partial charge in [-0.25, -0.2) is 0 Å². The van der Waals surface area contributed by atoms with Crippen LogP contribution in [0.4, 0.5) is 0 Å². The van der Waals surface area contributed by atoms with Gasteiger partial charge in [-0.2, -0.15) is 0 Å². The lowest BCUT2D eigenvalue weighted by Gasteiger charge is -2.31. The molecule has 1 amide bonds. The van der Waals surface area contributed by atoms with Gasteiger partial charge in [0.1, 0.15) is 0 Å². The summed E-state index contributed by atoms with van der Waals surface area (Å²) in [6, 6.07) is 0.154. The molecule has 1 aliphatic heterocycles. The van der Waals surface area contributed by atoms with Gasteiger partial charge >= 0.3 is 0 Å². The zero-order valence-electron chi connectivity index (χ0n) is 9.71. The normalized spacial score (nSPS) is 25.9. The Kier molecular flexibility index (Phi) is 3.20. The molecular formula is C11H22N2O. The summed E-state index contributed by atoms with van der Waals surface area (Å²) in [4.78, 5) is 13.8. The van der Waals surface area contributed by atoms with Crippen molar-refractivity contribution in [3.05, 3.63) is 0 Å². The average Bonchev–Trinajstić information content (AvgIpc) is 2.22. The van der Waals surface area contributed by atoms with Crippen molar-refractivity contribution in [3.63, 3.8) is 0 Å². The van der Waals surface area contributed by atoms with E-state index in [1.165, 1.54) is 0 Å². The monoisotopic (exact) mass is 198 g/mol. The highest BCUT2D eigenvalue weighted by molar-refractivity contribution is 5.77. The van der Waals surface area contributed by atoms with Crippen LogP contribution in [0.3, 0.4) is 0 Å². The van der Waals surface area contributed by atoms with E-state index in [-0.39, 0.29) is 17.5 Å². The molecule has 2 N–H and O–H groups in total. The second-order valence-electron chi connectivity index (χ2n) is 5.38. The summed E-state index contributed by atoms with van der Waals surface area (Å²) in [5.74, 6) is 0.674. The number of hydrogen-bond acceptors (Lipinski definition) is 2. The van der Waals surface area contributed by atoms with E-state index in [0.717, 1.165) is 13.0 Å². The Morgan fingerprint density at radius 2 is 2.14 bits per heavy atom. The summed E-state index contributed by atoms with van der Waals surface area (Å²) in [7, 11) is 0. The van der Waals surface area contributed by atoms with Crippen LogP contribution in [-0.4, -0.2) is 28.9 Å². The second kappa shape index (κ2) is 3.89. The summed E-state index contributed by atoms with van der Waals surface area (Å²) in [5, 5.41) is 0. The van der Waals surface area contributed by atoms with Gasteiger partial charge in [-0.3, -0.25) is 4.79 Å². The van der Waals surface area contributed by atoms with Crippen LogP contribution in [0.15, 0.2) is 0 Å². The number of nitrogens with zero attached hydrogens (tertiary/aromatic N) is 1. The van der Waals surface area contributed by atoms with Crippen LogP contribution in [0.5, 0.6) is 0 Å². The minimum Gasteiger partial charge on any atom is -0.336 e. The fourth-order valence-corrected chi connectivity index (χ4v) is 2.20. The fourth-order valence-electron chi connectivity index (χ4n) is 2.20. The highest BCUT2D eigenvalue weighted by Crippen LogP contribution is 2.28. The van der Waals surface area contributed by atoms with E-state index in [1.807, 2.05) is 4.90 Å². The van der Waals surface area contributed by atoms with Gasteiger partial charge < -0.3 is 10.6 Å². The molecule has 3 heteroatoms. The number of likely N-dealkylation sites (tertiary alicyclic amines) is 1. The van der Waals surface area contributed by atoms with Gasteiger partial charge in [-0.05, 0) is 26.2 Å². The Labute approximate surface area is 86.6 Å². The molecule has 14 heavy (non-hydrogen) atoms. The van der Waals surface area contributed by atoms with Crippen LogP contribution in [0.2, 0.25) is 0 Å². The van der Waals surface area contributed by atoms with Crippen molar-refractivity contribution in [3.8, 4) is 0 Å². The molecule has 1 atom stereocenters. The van der Waals surface area contributed by atoms with Crippen molar-refractivity contribution in [2.45, 2.75) is 52.1 Å². The first-order valence-corrected chi connectivity index (χ1v) is 5.39. The predicted molar refractivity (Wildman–Crippen MR) is 57.8 cm³/mol. The number of rotatable bonds is 2. The lowest BCUT2D eigenvalue weighted by atomic mass is 9.99. The molecular weight excluding hydrogens is 176 g/mol. The quantitative estimate of drug-likeness (QED) is 0.728. The van der Waals surface area contributed by atoms with Crippen LogP contribution >= 0.6 is 0 Å².